The standard InChI is InChI=1S/C11H14FNO2/c12-10-3-1-9(2-4-10)5-7-13-11(15)6-8-14/h1-4,14H,5-8H2,(H,13,15). The van der Waals surface area contributed by atoms with Gasteiger partial charge in [-0.1, -0.05) is 12.1 Å². The summed E-state index contributed by atoms with van der Waals surface area (Å²) in [4.78, 5) is 11.0. The fourth-order valence-electron chi connectivity index (χ4n) is 1.19. The highest BCUT2D eigenvalue weighted by Gasteiger charge is 1.99. The zero-order valence-corrected chi connectivity index (χ0v) is 8.37. The average Bonchev–Trinajstić information content (AvgIpc) is 2.21. The second-order valence-electron chi connectivity index (χ2n) is 3.20. The van der Waals surface area contributed by atoms with Crippen molar-refractivity contribution >= 4 is 5.91 Å². The molecule has 0 heterocycles. The van der Waals surface area contributed by atoms with Gasteiger partial charge in [-0.3, -0.25) is 4.79 Å². The molecule has 1 rings (SSSR count). The normalized spacial score (nSPS) is 10.0. The topological polar surface area (TPSA) is 49.3 Å². The lowest BCUT2D eigenvalue weighted by Crippen LogP contribution is -2.26. The van der Waals surface area contributed by atoms with Crippen molar-refractivity contribution in [2.45, 2.75) is 12.8 Å². The van der Waals surface area contributed by atoms with Crippen molar-refractivity contribution in [1.82, 2.24) is 5.32 Å². The van der Waals surface area contributed by atoms with Crippen LogP contribution in [0.4, 0.5) is 4.39 Å². The molecule has 0 aliphatic carbocycles. The van der Waals surface area contributed by atoms with Crippen molar-refractivity contribution in [3.8, 4) is 0 Å². The van der Waals surface area contributed by atoms with Crippen molar-refractivity contribution < 1.29 is 14.3 Å². The molecule has 0 saturated heterocycles. The lowest BCUT2D eigenvalue weighted by molar-refractivity contribution is -0.121. The highest BCUT2D eigenvalue weighted by atomic mass is 19.1. The molecular formula is C11H14FNO2. The Kier molecular flexibility index (Phi) is 4.77. The number of carbonyl (C=O) groups is 1. The summed E-state index contributed by atoms with van der Waals surface area (Å²) in [6, 6.07) is 6.16. The van der Waals surface area contributed by atoms with Crippen LogP contribution in [0, 0.1) is 5.82 Å². The summed E-state index contributed by atoms with van der Waals surface area (Å²) in [6.45, 7) is 0.368. The first-order valence-corrected chi connectivity index (χ1v) is 4.84. The van der Waals surface area contributed by atoms with E-state index in [2.05, 4.69) is 5.32 Å². The predicted molar refractivity (Wildman–Crippen MR) is 54.8 cm³/mol. The number of rotatable bonds is 5. The van der Waals surface area contributed by atoms with E-state index in [0.29, 0.717) is 13.0 Å². The van der Waals surface area contributed by atoms with E-state index >= 15 is 0 Å². The maximum atomic E-state index is 12.5. The molecule has 82 valence electrons. The van der Waals surface area contributed by atoms with Gasteiger partial charge < -0.3 is 10.4 Å². The number of nitrogens with one attached hydrogen (secondary N) is 1. The number of halogens is 1. The Balaban J connectivity index is 2.26. The molecule has 1 aromatic carbocycles. The largest absolute Gasteiger partial charge is 0.396 e. The van der Waals surface area contributed by atoms with Crippen LogP contribution in [0.25, 0.3) is 0 Å². The van der Waals surface area contributed by atoms with Crippen LogP contribution in [-0.2, 0) is 11.2 Å². The van der Waals surface area contributed by atoms with Gasteiger partial charge in [0.05, 0.1) is 6.61 Å². The molecule has 3 nitrogen and oxygen atoms in total. The summed E-state index contributed by atoms with van der Waals surface area (Å²) in [5, 5.41) is 11.1. The van der Waals surface area contributed by atoms with Gasteiger partial charge in [-0.25, -0.2) is 4.39 Å². The molecule has 0 unspecified atom stereocenters. The van der Waals surface area contributed by atoms with Crippen molar-refractivity contribution in [2.24, 2.45) is 0 Å². The van der Waals surface area contributed by atoms with Crippen LogP contribution in [-0.4, -0.2) is 24.2 Å². The van der Waals surface area contributed by atoms with Crippen LogP contribution in [0.15, 0.2) is 24.3 Å². The van der Waals surface area contributed by atoms with E-state index < -0.39 is 0 Å². The molecule has 0 aliphatic heterocycles. The third-order valence-corrected chi connectivity index (χ3v) is 1.99. The van der Waals surface area contributed by atoms with Gasteiger partial charge in [-0.15, -0.1) is 0 Å². The lowest BCUT2D eigenvalue weighted by Gasteiger charge is -2.03. The molecule has 0 aliphatic rings. The first-order valence-electron chi connectivity index (χ1n) is 4.84. The van der Waals surface area contributed by atoms with Crippen molar-refractivity contribution in [2.75, 3.05) is 13.2 Å². The zero-order chi connectivity index (χ0) is 11.1. The van der Waals surface area contributed by atoms with Crippen LogP contribution < -0.4 is 5.32 Å². The Morgan fingerprint density at radius 2 is 2.00 bits per heavy atom. The molecule has 1 amide bonds. The fourth-order valence-corrected chi connectivity index (χ4v) is 1.19. The number of hydrogen-bond donors (Lipinski definition) is 2. The fraction of sp³-hybridized carbons (Fsp3) is 0.364. The predicted octanol–water partition coefficient (Wildman–Crippen LogP) is 0.867. The van der Waals surface area contributed by atoms with Crippen LogP contribution in [0.5, 0.6) is 0 Å². The van der Waals surface area contributed by atoms with Gasteiger partial charge in [0.25, 0.3) is 0 Å². The molecule has 0 aromatic heterocycles. The minimum Gasteiger partial charge on any atom is -0.396 e. The first-order chi connectivity index (χ1) is 7.22. The van der Waals surface area contributed by atoms with Crippen molar-refractivity contribution in [3.05, 3.63) is 35.6 Å². The van der Waals surface area contributed by atoms with Crippen LogP contribution in [0.2, 0.25) is 0 Å². The van der Waals surface area contributed by atoms with E-state index in [1.54, 1.807) is 12.1 Å². The van der Waals surface area contributed by atoms with Gasteiger partial charge in [-0.2, -0.15) is 0 Å². The molecule has 0 radical (unpaired) electrons. The van der Waals surface area contributed by atoms with E-state index in [1.807, 2.05) is 0 Å². The number of amides is 1. The molecule has 0 bridgehead atoms. The molecule has 0 atom stereocenters. The maximum absolute atomic E-state index is 12.5. The monoisotopic (exact) mass is 211 g/mol. The number of aliphatic hydroxyl groups excluding tert-OH is 1. The molecule has 0 saturated carbocycles. The number of benzene rings is 1. The molecule has 4 heteroatoms. The van der Waals surface area contributed by atoms with Crippen LogP contribution in [0.3, 0.4) is 0 Å². The molecule has 1 aromatic rings. The minimum atomic E-state index is -0.261. The number of hydrogen-bond acceptors (Lipinski definition) is 2. The van der Waals surface area contributed by atoms with E-state index in [4.69, 9.17) is 5.11 Å². The van der Waals surface area contributed by atoms with E-state index in [1.165, 1.54) is 12.1 Å². The SMILES string of the molecule is O=C(CCO)NCCc1ccc(F)cc1. The smallest absolute Gasteiger partial charge is 0.222 e. The van der Waals surface area contributed by atoms with Gasteiger partial charge in [-0.05, 0) is 24.1 Å². The van der Waals surface area contributed by atoms with Gasteiger partial charge in [0.2, 0.25) is 5.91 Å². The Bertz CT molecular complexity index is 311. The Labute approximate surface area is 87.9 Å². The van der Waals surface area contributed by atoms with Gasteiger partial charge in [0.1, 0.15) is 5.82 Å². The summed E-state index contributed by atoms with van der Waals surface area (Å²) >= 11 is 0. The summed E-state index contributed by atoms with van der Waals surface area (Å²) in [6.07, 6.45) is 0.793. The van der Waals surface area contributed by atoms with E-state index in [0.717, 1.165) is 5.56 Å². The van der Waals surface area contributed by atoms with Crippen LogP contribution in [0.1, 0.15) is 12.0 Å². The molecule has 2 N–H and O–H groups in total. The number of carbonyl (C=O) groups excluding carboxylic acids is 1. The Hall–Kier alpha value is -1.42. The second kappa shape index (κ2) is 6.14. The molecule has 0 fully saturated rings. The zero-order valence-electron chi connectivity index (χ0n) is 8.37. The highest BCUT2D eigenvalue weighted by Crippen LogP contribution is 2.02. The van der Waals surface area contributed by atoms with Crippen LogP contribution >= 0.6 is 0 Å². The van der Waals surface area contributed by atoms with Crippen molar-refractivity contribution in [3.63, 3.8) is 0 Å². The summed E-state index contributed by atoms with van der Waals surface area (Å²) in [5.41, 5.74) is 0.973. The summed E-state index contributed by atoms with van der Waals surface area (Å²) < 4.78 is 12.5. The van der Waals surface area contributed by atoms with Gasteiger partial charge >= 0.3 is 0 Å². The summed E-state index contributed by atoms with van der Waals surface area (Å²) in [5.74, 6) is -0.428. The minimum absolute atomic E-state index is 0.128. The molecule has 0 spiro atoms. The Morgan fingerprint density at radius 1 is 1.33 bits per heavy atom. The third-order valence-electron chi connectivity index (χ3n) is 1.99. The highest BCUT2D eigenvalue weighted by molar-refractivity contribution is 5.75. The van der Waals surface area contributed by atoms with E-state index in [9.17, 15) is 9.18 Å². The Morgan fingerprint density at radius 3 is 2.60 bits per heavy atom. The maximum Gasteiger partial charge on any atom is 0.222 e. The molecular weight excluding hydrogens is 197 g/mol. The lowest BCUT2D eigenvalue weighted by atomic mass is 10.1. The average molecular weight is 211 g/mol. The third kappa shape index (κ3) is 4.56. The van der Waals surface area contributed by atoms with Gasteiger partial charge in [0.15, 0.2) is 0 Å². The quantitative estimate of drug-likeness (QED) is 0.759. The van der Waals surface area contributed by atoms with Crippen molar-refractivity contribution in [1.29, 1.82) is 0 Å². The number of aliphatic hydroxyl groups is 1. The molecule has 15 heavy (non-hydrogen) atoms. The van der Waals surface area contributed by atoms with Gasteiger partial charge in [0, 0.05) is 13.0 Å². The van der Waals surface area contributed by atoms with E-state index in [-0.39, 0.29) is 24.8 Å². The summed E-state index contributed by atoms with van der Waals surface area (Å²) in [7, 11) is 0. The second-order valence-corrected chi connectivity index (χ2v) is 3.20. The first kappa shape index (κ1) is 11.7.